The van der Waals surface area contributed by atoms with Crippen molar-refractivity contribution >= 4 is 83.8 Å². The van der Waals surface area contributed by atoms with Crippen molar-refractivity contribution in [1.29, 1.82) is 0 Å². The van der Waals surface area contributed by atoms with Crippen LogP contribution in [0, 0.1) is 0 Å². The molecule has 0 atom stereocenters. The molecule has 0 radical (unpaired) electrons. The van der Waals surface area contributed by atoms with Gasteiger partial charge in [0.2, 0.25) is 0 Å². The smallest absolute Gasteiger partial charge is 0.161 e. The van der Waals surface area contributed by atoms with Crippen LogP contribution in [0.5, 0.6) is 0 Å². The summed E-state index contributed by atoms with van der Waals surface area (Å²) in [5.41, 5.74) is 8.27. The maximum Gasteiger partial charge on any atom is 0.161 e. The minimum atomic E-state index is 0.468. The Balaban J connectivity index is 1.13. The third kappa shape index (κ3) is 5.38. The number of nitrogens with zero attached hydrogens (tertiary/aromatic N) is 3. The van der Waals surface area contributed by atoms with Gasteiger partial charge in [0.1, 0.15) is 22.3 Å². The van der Waals surface area contributed by atoms with E-state index < -0.39 is 0 Å². The molecule has 53 heavy (non-hydrogen) atoms. The normalized spacial score (nSPS) is 12.5. The van der Waals surface area contributed by atoms with Gasteiger partial charge in [-0.2, -0.15) is 0 Å². The highest BCUT2D eigenvalue weighted by Crippen LogP contribution is 2.37. The Labute approximate surface area is 304 Å². The fourth-order valence-electron chi connectivity index (χ4n) is 7.46. The highest BCUT2D eigenvalue weighted by Gasteiger charge is 2.18. The summed E-state index contributed by atoms with van der Waals surface area (Å²) in [6, 6.07) is 56.3. The Bertz CT molecular complexity index is 3110. The number of furan rings is 2. The first-order valence-corrected chi connectivity index (χ1v) is 17.6. The van der Waals surface area contributed by atoms with E-state index in [1.54, 1.807) is 0 Å². The molecule has 0 fully saturated rings. The number of benzene rings is 8. The van der Waals surface area contributed by atoms with Gasteiger partial charge in [0.15, 0.2) is 11.7 Å². The highest BCUT2D eigenvalue weighted by atomic mass is 16.3. The molecule has 250 valence electrons. The zero-order valence-corrected chi connectivity index (χ0v) is 28.7. The fourth-order valence-corrected chi connectivity index (χ4v) is 7.46. The molecule has 0 saturated carbocycles. The monoisotopic (exact) mass is 681 g/mol. The second-order valence-corrected chi connectivity index (χ2v) is 13.2. The lowest BCUT2D eigenvalue weighted by Gasteiger charge is -2.10. The van der Waals surface area contributed by atoms with Crippen LogP contribution in [0.25, 0.3) is 76.5 Å². The maximum atomic E-state index is 6.42. The van der Waals surface area contributed by atoms with Gasteiger partial charge in [0.05, 0.1) is 6.54 Å². The summed E-state index contributed by atoms with van der Waals surface area (Å²) < 4.78 is 12.5. The Kier molecular flexibility index (Phi) is 7.29. The van der Waals surface area contributed by atoms with Crippen molar-refractivity contribution in [1.82, 2.24) is 0 Å². The standard InChI is InChI=1S/C48H31N3O2/c1-49-48(51-47(50-29-30-10-3-2-4-11-30)35-21-20-32-19-18-31-12-5-6-13-36(31)39(32)28-35)38-15-9-17-45-46(38)41-27-34(23-25-44(41)53-45)33-22-24-43-40(26-33)37-14-7-8-16-42(37)52-43/h2-28H,1,29H2. The molecule has 5 heteroatoms. The molecule has 0 N–H and O–H groups in total. The number of aliphatic imine (C=N–C) groups is 3. The molecule has 0 aliphatic rings. The Morgan fingerprint density at radius 3 is 1.94 bits per heavy atom. The maximum absolute atomic E-state index is 6.42. The van der Waals surface area contributed by atoms with Gasteiger partial charge in [-0.25, -0.2) is 9.98 Å². The second-order valence-electron chi connectivity index (χ2n) is 13.2. The van der Waals surface area contributed by atoms with Crippen molar-refractivity contribution < 1.29 is 8.83 Å². The van der Waals surface area contributed by atoms with Crippen LogP contribution in [0.4, 0.5) is 0 Å². The average Bonchev–Trinajstić information content (AvgIpc) is 3.79. The molecule has 0 aliphatic carbocycles. The summed E-state index contributed by atoms with van der Waals surface area (Å²) in [7, 11) is 0. The summed E-state index contributed by atoms with van der Waals surface area (Å²) in [5.74, 6) is 1.05. The molecule has 2 aromatic heterocycles. The number of para-hydroxylation sites is 1. The molecular weight excluding hydrogens is 651 g/mol. The van der Waals surface area contributed by atoms with E-state index >= 15 is 0 Å². The lowest BCUT2D eigenvalue weighted by Crippen LogP contribution is -2.06. The van der Waals surface area contributed by atoms with E-state index in [-0.39, 0.29) is 0 Å². The molecule has 0 spiro atoms. The topological polar surface area (TPSA) is 63.4 Å². The van der Waals surface area contributed by atoms with Crippen molar-refractivity contribution in [2.24, 2.45) is 15.0 Å². The van der Waals surface area contributed by atoms with E-state index in [2.05, 4.69) is 109 Å². The molecule has 0 saturated heterocycles. The van der Waals surface area contributed by atoms with Crippen molar-refractivity contribution in [2.75, 3.05) is 0 Å². The predicted octanol–water partition coefficient (Wildman–Crippen LogP) is 12.6. The first kappa shape index (κ1) is 30.7. The Hall–Kier alpha value is -7.11. The van der Waals surface area contributed by atoms with E-state index in [1.807, 2.05) is 66.7 Å². The van der Waals surface area contributed by atoms with Gasteiger partial charge in [-0.3, -0.25) is 4.99 Å². The largest absolute Gasteiger partial charge is 0.456 e. The van der Waals surface area contributed by atoms with Gasteiger partial charge < -0.3 is 8.83 Å². The third-order valence-electron chi connectivity index (χ3n) is 10.1. The van der Waals surface area contributed by atoms with Gasteiger partial charge in [-0.15, -0.1) is 0 Å². The summed E-state index contributed by atoms with van der Waals surface area (Å²) in [4.78, 5) is 14.8. The molecule has 2 heterocycles. The fraction of sp³-hybridized carbons (Fsp3) is 0.0208. The van der Waals surface area contributed by atoms with Gasteiger partial charge in [-0.05, 0) is 87.4 Å². The van der Waals surface area contributed by atoms with Crippen LogP contribution in [0.15, 0.2) is 188 Å². The van der Waals surface area contributed by atoms with Crippen LogP contribution >= 0.6 is 0 Å². The van der Waals surface area contributed by atoms with Crippen molar-refractivity contribution in [3.8, 4) is 11.1 Å². The first-order chi connectivity index (χ1) is 26.2. The lowest BCUT2D eigenvalue weighted by atomic mass is 9.99. The predicted molar refractivity (Wildman–Crippen MR) is 221 cm³/mol. The van der Waals surface area contributed by atoms with Crippen molar-refractivity contribution in [2.45, 2.75) is 6.54 Å². The number of fused-ring (bicyclic) bond motifs is 9. The first-order valence-electron chi connectivity index (χ1n) is 17.6. The molecule has 0 aliphatic heterocycles. The van der Waals surface area contributed by atoms with E-state index in [4.69, 9.17) is 18.8 Å². The summed E-state index contributed by atoms with van der Waals surface area (Å²) in [5, 5.41) is 8.77. The Morgan fingerprint density at radius 2 is 1.11 bits per heavy atom. The van der Waals surface area contributed by atoms with E-state index in [0.717, 1.165) is 82.5 Å². The van der Waals surface area contributed by atoms with Crippen LogP contribution < -0.4 is 0 Å². The van der Waals surface area contributed by atoms with Crippen molar-refractivity contribution in [3.05, 3.63) is 180 Å². The van der Waals surface area contributed by atoms with E-state index in [9.17, 15) is 0 Å². The molecule has 0 bridgehead atoms. The van der Waals surface area contributed by atoms with Gasteiger partial charge in [0, 0.05) is 32.7 Å². The second kappa shape index (κ2) is 12.6. The number of hydrogen-bond donors (Lipinski definition) is 0. The number of hydrogen-bond acceptors (Lipinski definition) is 3. The molecule has 0 unspecified atom stereocenters. The van der Waals surface area contributed by atoms with Crippen molar-refractivity contribution in [3.63, 3.8) is 0 Å². The van der Waals surface area contributed by atoms with Gasteiger partial charge >= 0.3 is 0 Å². The molecule has 10 aromatic rings. The zero-order valence-electron chi connectivity index (χ0n) is 28.7. The molecular formula is C48H31N3O2. The molecule has 8 aromatic carbocycles. The molecule has 0 amide bonds. The van der Waals surface area contributed by atoms with Crippen LogP contribution in [0.3, 0.4) is 0 Å². The highest BCUT2D eigenvalue weighted by molar-refractivity contribution is 6.23. The molecule has 5 nitrogen and oxygen atoms in total. The minimum Gasteiger partial charge on any atom is -0.456 e. The van der Waals surface area contributed by atoms with Crippen LogP contribution in [0.2, 0.25) is 0 Å². The SMILES string of the molecule is C=NC(=NC(=NCc1ccccc1)c1ccc2ccc3ccccc3c2c1)c1cccc2oc3ccc(-c4ccc5oc6ccccc6c5c4)cc3c12. The number of rotatable bonds is 5. The van der Waals surface area contributed by atoms with Crippen LogP contribution in [0.1, 0.15) is 16.7 Å². The third-order valence-corrected chi connectivity index (χ3v) is 10.1. The summed E-state index contributed by atoms with van der Waals surface area (Å²) >= 11 is 0. The minimum absolute atomic E-state index is 0.468. The molecule has 10 rings (SSSR count). The Morgan fingerprint density at radius 1 is 0.472 bits per heavy atom. The van der Waals surface area contributed by atoms with Gasteiger partial charge in [-0.1, -0.05) is 121 Å². The van der Waals surface area contributed by atoms with Crippen LogP contribution in [-0.4, -0.2) is 18.4 Å². The average molecular weight is 682 g/mol. The van der Waals surface area contributed by atoms with E-state index in [1.165, 1.54) is 10.8 Å². The van der Waals surface area contributed by atoms with Gasteiger partial charge in [0.25, 0.3) is 0 Å². The zero-order chi connectivity index (χ0) is 35.3. The van der Waals surface area contributed by atoms with Crippen LogP contribution in [-0.2, 0) is 6.54 Å². The number of amidine groups is 2. The summed E-state index contributed by atoms with van der Waals surface area (Å²) in [6.07, 6.45) is 0. The lowest BCUT2D eigenvalue weighted by molar-refractivity contribution is 0.668. The van der Waals surface area contributed by atoms with E-state index in [0.29, 0.717) is 18.2 Å². The summed E-state index contributed by atoms with van der Waals surface area (Å²) in [6.45, 7) is 4.47. The quantitative estimate of drug-likeness (QED) is 0.103.